The van der Waals surface area contributed by atoms with Crippen molar-refractivity contribution in [2.24, 2.45) is 11.3 Å². The Hall–Kier alpha value is -1.55. The number of rotatable bonds is 2. The molecule has 1 aliphatic heterocycles. The van der Waals surface area contributed by atoms with E-state index in [9.17, 15) is 4.79 Å². The lowest BCUT2D eigenvalue weighted by molar-refractivity contribution is -0.153. The van der Waals surface area contributed by atoms with Gasteiger partial charge in [0, 0.05) is 29.7 Å². The summed E-state index contributed by atoms with van der Waals surface area (Å²) < 4.78 is 17.9. The number of aryl methyl sites for hydroxylation is 1. The summed E-state index contributed by atoms with van der Waals surface area (Å²) >= 11 is 0. The first kappa shape index (κ1) is 15.9. The van der Waals surface area contributed by atoms with Crippen LogP contribution in [-0.4, -0.2) is 23.8 Å². The first-order valence-electron chi connectivity index (χ1n) is 8.90. The first-order chi connectivity index (χ1) is 11.3. The van der Waals surface area contributed by atoms with Crippen LogP contribution in [0.2, 0.25) is 0 Å². The molecule has 24 heavy (non-hydrogen) atoms. The van der Waals surface area contributed by atoms with Gasteiger partial charge < -0.3 is 13.9 Å². The topological polar surface area (TPSA) is 52.0 Å². The highest BCUT2D eigenvalue weighted by Crippen LogP contribution is 2.65. The number of furan rings is 1. The number of hydrogen-bond donors (Lipinski definition) is 0. The van der Waals surface area contributed by atoms with E-state index < -0.39 is 0 Å². The van der Waals surface area contributed by atoms with Crippen LogP contribution in [0.25, 0.3) is 0 Å². The summed E-state index contributed by atoms with van der Waals surface area (Å²) in [5.41, 5.74) is 3.03. The molecular weight excluding hydrogens is 304 g/mol. The van der Waals surface area contributed by atoms with Gasteiger partial charge in [-0.1, -0.05) is 19.9 Å². The zero-order valence-electron chi connectivity index (χ0n) is 15.1. The Morgan fingerprint density at radius 1 is 1.42 bits per heavy atom. The molecule has 1 aromatic rings. The molecule has 2 aliphatic carbocycles. The van der Waals surface area contributed by atoms with E-state index >= 15 is 0 Å². The molecule has 5 atom stereocenters. The van der Waals surface area contributed by atoms with E-state index in [1.165, 1.54) is 11.1 Å². The van der Waals surface area contributed by atoms with Crippen molar-refractivity contribution in [3.63, 3.8) is 0 Å². The third kappa shape index (κ3) is 1.92. The zero-order chi connectivity index (χ0) is 17.3. The van der Waals surface area contributed by atoms with Crippen LogP contribution in [0.5, 0.6) is 0 Å². The lowest BCUT2D eigenvalue weighted by Gasteiger charge is -2.49. The Kier molecular flexibility index (Phi) is 3.31. The summed E-state index contributed by atoms with van der Waals surface area (Å²) in [5, 5.41) is 0. The number of ether oxygens (including phenoxy) is 2. The minimum absolute atomic E-state index is 0.0354. The van der Waals surface area contributed by atoms with Crippen LogP contribution >= 0.6 is 0 Å². The standard InChI is InChI=1S/C20H26O4/c1-6-11(2)18(21)23-15-7-17-20(24-17)9-16-14(12(3)10-22-16)8-19(20,5)13(15)4/h6,10,13,15,17H,7-9H2,1-5H3/b11-6-/t13-,15+,17+,19+,20+/m0/s1. The molecule has 0 radical (unpaired) electrons. The summed E-state index contributed by atoms with van der Waals surface area (Å²) in [6, 6.07) is 0. The van der Waals surface area contributed by atoms with Gasteiger partial charge in [0.25, 0.3) is 0 Å². The van der Waals surface area contributed by atoms with Crippen molar-refractivity contribution in [1.82, 2.24) is 0 Å². The summed E-state index contributed by atoms with van der Waals surface area (Å²) in [6.45, 7) is 10.3. The van der Waals surface area contributed by atoms with Gasteiger partial charge in [0.1, 0.15) is 17.5 Å². The molecule has 0 unspecified atom stereocenters. The highest BCUT2D eigenvalue weighted by Gasteiger charge is 2.74. The minimum atomic E-state index is -0.206. The third-order valence-corrected chi connectivity index (χ3v) is 6.96. The molecule has 1 aromatic heterocycles. The molecule has 3 aliphatic rings. The van der Waals surface area contributed by atoms with E-state index in [-0.39, 0.29) is 35.1 Å². The molecule has 4 heteroatoms. The Balaban J connectivity index is 1.64. The summed E-state index contributed by atoms with van der Waals surface area (Å²) in [7, 11) is 0. The van der Waals surface area contributed by atoms with Crippen molar-refractivity contribution in [2.75, 3.05) is 0 Å². The Morgan fingerprint density at radius 2 is 2.17 bits per heavy atom. The molecule has 2 heterocycles. The van der Waals surface area contributed by atoms with Crippen molar-refractivity contribution in [2.45, 2.75) is 71.7 Å². The van der Waals surface area contributed by atoms with Crippen molar-refractivity contribution in [1.29, 1.82) is 0 Å². The maximum Gasteiger partial charge on any atom is 0.333 e. The van der Waals surface area contributed by atoms with Crippen LogP contribution in [0.4, 0.5) is 0 Å². The lowest BCUT2D eigenvalue weighted by Crippen LogP contribution is -2.56. The van der Waals surface area contributed by atoms with E-state index in [4.69, 9.17) is 13.9 Å². The number of allylic oxidation sites excluding steroid dienone is 1. The van der Waals surface area contributed by atoms with Gasteiger partial charge in [-0.3, -0.25) is 0 Å². The van der Waals surface area contributed by atoms with Crippen LogP contribution < -0.4 is 0 Å². The number of carbonyl (C=O) groups is 1. The fraction of sp³-hybridized carbons (Fsp3) is 0.650. The minimum Gasteiger partial charge on any atom is -0.469 e. The number of hydrogen-bond acceptors (Lipinski definition) is 4. The molecule has 0 N–H and O–H groups in total. The van der Waals surface area contributed by atoms with Gasteiger partial charge in [-0.25, -0.2) is 4.79 Å². The molecule has 1 spiro atoms. The fourth-order valence-corrected chi connectivity index (χ4v) is 4.85. The van der Waals surface area contributed by atoms with Crippen LogP contribution in [0, 0.1) is 18.3 Å². The summed E-state index contributed by atoms with van der Waals surface area (Å²) in [5.74, 6) is 1.12. The second kappa shape index (κ2) is 4.98. The van der Waals surface area contributed by atoms with Gasteiger partial charge in [0.15, 0.2) is 0 Å². The van der Waals surface area contributed by atoms with Gasteiger partial charge >= 0.3 is 5.97 Å². The van der Waals surface area contributed by atoms with Gasteiger partial charge in [0.2, 0.25) is 0 Å². The quantitative estimate of drug-likeness (QED) is 0.471. The van der Waals surface area contributed by atoms with Crippen LogP contribution in [0.3, 0.4) is 0 Å². The van der Waals surface area contributed by atoms with E-state index in [0.29, 0.717) is 5.57 Å². The Bertz CT molecular complexity index is 730. The first-order valence-corrected chi connectivity index (χ1v) is 8.90. The molecule has 2 fully saturated rings. The molecular formula is C20H26O4. The average molecular weight is 330 g/mol. The lowest BCUT2D eigenvalue weighted by atomic mass is 9.54. The molecule has 0 bridgehead atoms. The number of epoxide rings is 1. The highest BCUT2D eigenvalue weighted by molar-refractivity contribution is 5.87. The smallest absolute Gasteiger partial charge is 0.333 e. The van der Waals surface area contributed by atoms with E-state index in [1.807, 2.05) is 13.2 Å². The van der Waals surface area contributed by atoms with Crippen LogP contribution in [0.1, 0.15) is 51.0 Å². The predicted molar refractivity (Wildman–Crippen MR) is 89.7 cm³/mol. The van der Waals surface area contributed by atoms with Crippen molar-refractivity contribution < 1.29 is 18.7 Å². The van der Waals surface area contributed by atoms with Crippen molar-refractivity contribution in [3.05, 3.63) is 34.8 Å². The predicted octanol–water partition coefficient (Wildman–Crippen LogP) is 3.75. The van der Waals surface area contributed by atoms with E-state index in [2.05, 4.69) is 20.8 Å². The number of fused-ring (bicyclic) bond motifs is 1. The van der Waals surface area contributed by atoms with Crippen molar-refractivity contribution in [3.8, 4) is 0 Å². The molecule has 130 valence electrons. The Labute approximate surface area is 143 Å². The van der Waals surface area contributed by atoms with Crippen LogP contribution in [-0.2, 0) is 27.1 Å². The SMILES string of the molecule is C/C=C(/C)C(=O)O[C@@H]1C[C@H]2O[C@]23Cc2occ(C)c2C[C@]3(C)[C@H]1C. The Morgan fingerprint density at radius 3 is 2.88 bits per heavy atom. The molecule has 4 nitrogen and oxygen atoms in total. The maximum absolute atomic E-state index is 12.2. The van der Waals surface area contributed by atoms with E-state index in [1.54, 1.807) is 13.0 Å². The molecule has 0 amide bonds. The average Bonchev–Trinajstić information content (AvgIpc) is 3.16. The van der Waals surface area contributed by atoms with Gasteiger partial charge in [-0.2, -0.15) is 0 Å². The third-order valence-electron chi connectivity index (χ3n) is 6.96. The largest absolute Gasteiger partial charge is 0.469 e. The monoisotopic (exact) mass is 330 g/mol. The normalized spacial score (nSPS) is 40.4. The molecule has 1 saturated heterocycles. The zero-order valence-corrected chi connectivity index (χ0v) is 15.1. The maximum atomic E-state index is 12.2. The second-order valence-electron chi connectivity index (χ2n) is 8.03. The molecule has 1 saturated carbocycles. The van der Waals surface area contributed by atoms with Gasteiger partial charge in [-0.15, -0.1) is 0 Å². The fourth-order valence-electron chi connectivity index (χ4n) is 4.85. The van der Waals surface area contributed by atoms with Crippen LogP contribution in [0.15, 0.2) is 22.3 Å². The molecule has 0 aromatic carbocycles. The van der Waals surface area contributed by atoms with Gasteiger partial charge in [-0.05, 0) is 38.3 Å². The summed E-state index contributed by atoms with van der Waals surface area (Å²) in [6.07, 6.45) is 6.30. The van der Waals surface area contributed by atoms with Gasteiger partial charge in [0.05, 0.1) is 12.4 Å². The number of carbonyl (C=O) groups excluding carboxylic acids is 1. The van der Waals surface area contributed by atoms with Crippen molar-refractivity contribution >= 4 is 5.97 Å². The van der Waals surface area contributed by atoms with E-state index in [0.717, 1.165) is 25.0 Å². The molecule has 4 rings (SSSR count). The highest BCUT2D eigenvalue weighted by atomic mass is 16.6. The second-order valence-corrected chi connectivity index (χ2v) is 8.03. The number of esters is 1. The summed E-state index contributed by atoms with van der Waals surface area (Å²) in [4.78, 5) is 12.2.